The van der Waals surface area contributed by atoms with Gasteiger partial charge in [-0.25, -0.2) is 4.39 Å². The first kappa shape index (κ1) is 16.7. The van der Waals surface area contributed by atoms with Crippen molar-refractivity contribution in [1.82, 2.24) is 9.80 Å². The third kappa shape index (κ3) is 4.45. The van der Waals surface area contributed by atoms with Gasteiger partial charge in [0.05, 0.1) is 0 Å². The molecule has 1 saturated heterocycles. The van der Waals surface area contributed by atoms with Gasteiger partial charge in [0.1, 0.15) is 5.82 Å². The van der Waals surface area contributed by atoms with Gasteiger partial charge in [0.2, 0.25) is 0 Å². The molecule has 1 aliphatic rings. The maximum absolute atomic E-state index is 13.9. The summed E-state index contributed by atoms with van der Waals surface area (Å²) in [6, 6.07) is 12.8. The average molecular weight is 353 g/mol. The van der Waals surface area contributed by atoms with Gasteiger partial charge in [-0.3, -0.25) is 9.80 Å². The number of halogens is 3. The lowest BCUT2D eigenvalue weighted by atomic mass is 10.1. The summed E-state index contributed by atoms with van der Waals surface area (Å²) >= 11 is 12.1. The molecule has 0 aliphatic carbocycles. The van der Waals surface area contributed by atoms with Crippen LogP contribution in [-0.4, -0.2) is 36.0 Å². The number of hydrogen-bond donors (Lipinski definition) is 0. The quantitative estimate of drug-likeness (QED) is 0.801. The fourth-order valence-electron chi connectivity index (χ4n) is 2.91. The molecule has 2 nitrogen and oxygen atoms in total. The Morgan fingerprint density at radius 1 is 0.870 bits per heavy atom. The Labute approximate surface area is 146 Å². The lowest BCUT2D eigenvalue weighted by Gasteiger charge is -2.35. The molecular weight excluding hydrogens is 334 g/mol. The van der Waals surface area contributed by atoms with Crippen molar-refractivity contribution >= 4 is 23.2 Å². The van der Waals surface area contributed by atoms with E-state index in [2.05, 4.69) is 15.9 Å². The first-order valence-electron chi connectivity index (χ1n) is 7.74. The van der Waals surface area contributed by atoms with Gasteiger partial charge in [-0.15, -0.1) is 0 Å². The molecule has 1 fully saturated rings. The third-order valence-electron chi connectivity index (χ3n) is 4.20. The summed E-state index contributed by atoms with van der Waals surface area (Å²) in [4.78, 5) is 4.64. The highest BCUT2D eigenvalue weighted by atomic mass is 35.5. The molecule has 0 radical (unpaired) electrons. The molecular formula is C18H19Cl2FN2. The average Bonchev–Trinajstić information content (AvgIpc) is 2.53. The second kappa shape index (κ2) is 7.63. The summed E-state index contributed by atoms with van der Waals surface area (Å²) in [5.74, 6) is -0.223. The molecule has 1 aliphatic heterocycles. The number of benzene rings is 2. The Morgan fingerprint density at radius 2 is 1.52 bits per heavy atom. The van der Waals surface area contributed by atoms with Crippen molar-refractivity contribution < 1.29 is 4.39 Å². The van der Waals surface area contributed by atoms with E-state index in [4.69, 9.17) is 23.2 Å². The van der Waals surface area contributed by atoms with Crippen molar-refractivity contribution in [2.75, 3.05) is 26.2 Å². The van der Waals surface area contributed by atoms with Crippen LogP contribution in [0.2, 0.25) is 10.0 Å². The van der Waals surface area contributed by atoms with Crippen LogP contribution >= 0.6 is 23.2 Å². The maximum atomic E-state index is 13.9. The van der Waals surface area contributed by atoms with Crippen LogP contribution in [0.25, 0.3) is 0 Å². The zero-order valence-electron chi connectivity index (χ0n) is 12.8. The van der Waals surface area contributed by atoms with Crippen LogP contribution in [0.15, 0.2) is 42.5 Å². The predicted molar refractivity (Wildman–Crippen MR) is 93.4 cm³/mol. The zero-order valence-corrected chi connectivity index (χ0v) is 14.3. The van der Waals surface area contributed by atoms with Gasteiger partial charge in [0, 0.05) is 54.9 Å². The van der Waals surface area contributed by atoms with E-state index in [1.807, 2.05) is 18.2 Å². The highest BCUT2D eigenvalue weighted by Crippen LogP contribution is 2.21. The summed E-state index contributed by atoms with van der Waals surface area (Å²) in [6.07, 6.45) is 0. The Morgan fingerprint density at radius 3 is 2.17 bits per heavy atom. The summed E-state index contributed by atoms with van der Waals surface area (Å²) in [6.45, 7) is 5.19. The number of hydrogen-bond acceptors (Lipinski definition) is 2. The summed E-state index contributed by atoms with van der Waals surface area (Å²) in [5.41, 5.74) is 1.82. The molecule has 0 aromatic heterocycles. The molecule has 0 unspecified atom stereocenters. The van der Waals surface area contributed by atoms with E-state index >= 15 is 0 Å². The molecule has 2 aromatic rings. The van der Waals surface area contributed by atoms with Crippen molar-refractivity contribution in [1.29, 1.82) is 0 Å². The molecule has 0 atom stereocenters. The summed E-state index contributed by atoms with van der Waals surface area (Å²) in [5, 5.41) is 1.28. The van der Waals surface area contributed by atoms with E-state index in [1.54, 1.807) is 12.1 Å². The Bertz CT molecular complexity index is 650. The fourth-order valence-corrected chi connectivity index (χ4v) is 3.34. The van der Waals surface area contributed by atoms with Gasteiger partial charge in [-0.2, -0.15) is 0 Å². The molecule has 1 heterocycles. The molecule has 0 bridgehead atoms. The van der Waals surface area contributed by atoms with E-state index < -0.39 is 0 Å². The van der Waals surface area contributed by atoms with E-state index in [0.717, 1.165) is 37.7 Å². The van der Waals surface area contributed by atoms with Crippen LogP contribution in [0, 0.1) is 5.82 Å². The van der Waals surface area contributed by atoms with Crippen molar-refractivity contribution in [3.63, 3.8) is 0 Å². The first-order valence-corrected chi connectivity index (χ1v) is 8.49. The van der Waals surface area contributed by atoms with Gasteiger partial charge in [0.15, 0.2) is 0 Å². The Balaban J connectivity index is 1.54. The summed E-state index contributed by atoms with van der Waals surface area (Å²) in [7, 11) is 0. The van der Waals surface area contributed by atoms with Gasteiger partial charge in [-0.1, -0.05) is 41.4 Å². The highest BCUT2D eigenvalue weighted by molar-refractivity contribution is 6.31. The third-order valence-corrected chi connectivity index (χ3v) is 4.79. The molecule has 2 aromatic carbocycles. The molecule has 0 amide bonds. The Kier molecular flexibility index (Phi) is 5.54. The monoisotopic (exact) mass is 352 g/mol. The first-order chi connectivity index (χ1) is 11.1. The van der Waals surface area contributed by atoms with Gasteiger partial charge >= 0.3 is 0 Å². The molecule has 0 N–H and O–H groups in total. The van der Waals surface area contributed by atoms with Crippen LogP contribution in [0.5, 0.6) is 0 Å². The van der Waals surface area contributed by atoms with E-state index in [-0.39, 0.29) is 5.82 Å². The highest BCUT2D eigenvalue weighted by Gasteiger charge is 2.19. The number of piperazine rings is 1. The lowest BCUT2D eigenvalue weighted by molar-refractivity contribution is 0.121. The number of rotatable bonds is 4. The van der Waals surface area contributed by atoms with Crippen LogP contribution in [0.1, 0.15) is 11.1 Å². The second-order valence-corrected chi connectivity index (χ2v) is 6.73. The second-order valence-electron chi connectivity index (χ2n) is 5.88. The van der Waals surface area contributed by atoms with Crippen molar-refractivity contribution in [3.05, 3.63) is 69.5 Å². The van der Waals surface area contributed by atoms with Gasteiger partial charge < -0.3 is 0 Å². The number of nitrogens with zero attached hydrogens (tertiary/aromatic N) is 2. The smallest absolute Gasteiger partial charge is 0.129 e. The van der Waals surface area contributed by atoms with E-state index in [0.29, 0.717) is 17.1 Å². The molecule has 3 rings (SSSR count). The zero-order chi connectivity index (χ0) is 16.2. The minimum atomic E-state index is -0.223. The molecule has 122 valence electrons. The molecule has 23 heavy (non-hydrogen) atoms. The minimum absolute atomic E-state index is 0.223. The maximum Gasteiger partial charge on any atom is 0.129 e. The minimum Gasteiger partial charge on any atom is -0.297 e. The Hall–Kier alpha value is -1.13. The molecule has 0 saturated carbocycles. The summed E-state index contributed by atoms with van der Waals surface area (Å²) < 4.78 is 13.9. The van der Waals surface area contributed by atoms with Gasteiger partial charge in [0.25, 0.3) is 0 Å². The fraction of sp³-hybridized carbons (Fsp3) is 0.333. The normalized spacial score (nSPS) is 16.7. The topological polar surface area (TPSA) is 6.48 Å². The van der Waals surface area contributed by atoms with Crippen molar-refractivity contribution in [2.45, 2.75) is 13.1 Å². The SMILES string of the molecule is Fc1cccc(Cl)c1CN1CCN(Cc2cccc(Cl)c2)CC1. The van der Waals surface area contributed by atoms with Crippen LogP contribution < -0.4 is 0 Å². The van der Waals surface area contributed by atoms with Crippen LogP contribution in [-0.2, 0) is 13.1 Å². The van der Waals surface area contributed by atoms with Crippen molar-refractivity contribution in [3.8, 4) is 0 Å². The molecule has 0 spiro atoms. The molecule has 5 heteroatoms. The lowest BCUT2D eigenvalue weighted by Crippen LogP contribution is -2.45. The largest absolute Gasteiger partial charge is 0.297 e. The standard InChI is InChI=1S/C18H19Cl2FN2/c19-15-4-1-3-14(11-15)12-22-7-9-23(10-8-22)13-16-17(20)5-2-6-18(16)21/h1-6,11H,7-10,12-13H2. The predicted octanol–water partition coefficient (Wildman–Crippen LogP) is 4.45. The van der Waals surface area contributed by atoms with E-state index in [9.17, 15) is 4.39 Å². The van der Waals surface area contributed by atoms with Crippen molar-refractivity contribution in [2.24, 2.45) is 0 Å². The van der Waals surface area contributed by atoms with E-state index in [1.165, 1.54) is 11.6 Å². The van der Waals surface area contributed by atoms with Crippen LogP contribution in [0.3, 0.4) is 0 Å². The van der Waals surface area contributed by atoms with Gasteiger partial charge in [-0.05, 0) is 29.8 Å². The van der Waals surface area contributed by atoms with Crippen LogP contribution in [0.4, 0.5) is 4.39 Å².